The first-order chi connectivity index (χ1) is 16.1. The maximum Gasteiger partial charge on any atom is 0.408 e. The number of amides is 3. The molecule has 0 aliphatic heterocycles. The van der Waals surface area contributed by atoms with Gasteiger partial charge in [0.15, 0.2) is 0 Å². The molecule has 1 fully saturated rings. The number of hydrogen-bond acceptors (Lipinski definition) is 5. The Hall–Kier alpha value is -3.49. The topological polar surface area (TPSA) is 108 Å². The van der Waals surface area contributed by atoms with E-state index in [1.54, 1.807) is 45.0 Å². The van der Waals surface area contributed by atoms with Crippen LogP contribution in [0.3, 0.4) is 0 Å². The van der Waals surface area contributed by atoms with E-state index >= 15 is 0 Å². The molecule has 0 spiro atoms. The number of hydrogen-bond donors (Lipinski definition) is 3. The van der Waals surface area contributed by atoms with Gasteiger partial charge in [0.1, 0.15) is 17.7 Å². The first kappa shape index (κ1) is 26.8. The Morgan fingerprint density at radius 3 is 2.26 bits per heavy atom. The van der Waals surface area contributed by atoms with Gasteiger partial charge in [0.2, 0.25) is 5.91 Å². The van der Waals surface area contributed by atoms with Gasteiger partial charge in [-0.15, -0.1) is 6.42 Å². The monoisotopic (exact) mass is 467 g/mol. The first-order valence-electron chi connectivity index (χ1n) is 11.4. The smallest absolute Gasteiger partial charge is 0.408 e. The average molecular weight is 468 g/mol. The molecule has 0 radical (unpaired) electrons. The highest BCUT2D eigenvalue weighted by Gasteiger charge is 2.36. The highest BCUT2D eigenvalue weighted by molar-refractivity contribution is 5.93. The zero-order valence-electron chi connectivity index (χ0n) is 20.0. The molecule has 1 aromatic rings. The van der Waals surface area contributed by atoms with Crippen LogP contribution in [0.25, 0.3) is 0 Å². The quantitative estimate of drug-likeness (QED) is 0.422. The Morgan fingerprint density at radius 2 is 1.76 bits per heavy atom. The van der Waals surface area contributed by atoms with Crippen molar-refractivity contribution >= 4 is 17.9 Å². The summed E-state index contributed by atoms with van der Waals surface area (Å²) in [5.41, 5.74) is 0.251. The third-order valence-corrected chi connectivity index (χ3v) is 5.40. The van der Waals surface area contributed by atoms with E-state index in [-0.39, 0.29) is 6.04 Å². The summed E-state index contributed by atoms with van der Waals surface area (Å²) in [7, 11) is 0. The molecule has 0 bridgehead atoms. The number of nitrogens with one attached hydrogen (secondary N) is 2. The van der Waals surface area contributed by atoms with Crippen LogP contribution in [0.5, 0.6) is 0 Å². The molecular formula is C26H33N3O5. The summed E-state index contributed by atoms with van der Waals surface area (Å²) in [5.74, 6) is 1.24. The second-order valence-electron chi connectivity index (χ2n) is 9.23. The van der Waals surface area contributed by atoms with Crippen LogP contribution in [0, 0.1) is 24.8 Å². The van der Waals surface area contributed by atoms with Crippen LogP contribution in [0.4, 0.5) is 4.79 Å². The highest BCUT2D eigenvalue weighted by atomic mass is 16.6. The van der Waals surface area contributed by atoms with Crippen LogP contribution in [0.1, 0.15) is 70.0 Å². The molecule has 1 aliphatic rings. The standard InChI is InChI=1S/C26H33N3O5/c1-6-18-13-15-19(16-14-18)22(23(31)27-20-11-9-8-10-12-20)29(7-2)24(32)21(17-30)28-25(33)34-26(3,4)5/h1-2,13-16,20-22,30H,8-12,17H2,3-5H3,(H,27,31)(H,28,33). The number of carbonyl (C=O) groups excluding carboxylic acids is 3. The van der Waals surface area contributed by atoms with E-state index in [4.69, 9.17) is 17.6 Å². The van der Waals surface area contributed by atoms with Crippen LogP contribution in [-0.2, 0) is 14.3 Å². The van der Waals surface area contributed by atoms with E-state index < -0.39 is 42.2 Å². The minimum atomic E-state index is -1.40. The van der Waals surface area contributed by atoms with Gasteiger partial charge in [-0.2, -0.15) is 0 Å². The second-order valence-corrected chi connectivity index (χ2v) is 9.23. The van der Waals surface area contributed by atoms with Crippen molar-refractivity contribution < 1.29 is 24.2 Å². The molecule has 8 heteroatoms. The summed E-state index contributed by atoms with van der Waals surface area (Å²) in [6.45, 7) is 4.27. The maximum absolute atomic E-state index is 13.4. The van der Waals surface area contributed by atoms with E-state index in [2.05, 4.69) is 22.6 Å². The van der Waals surface area contributed by atoms with Gasteiger partial charge in [-0.05, 0) is 51.3 Å². The molecule has 34 heavy (non-hydrogen) atoms. The van der Waals surface area contributed by atoms with E-state index in [0.717, 1.165) is 37.0 Å². The molecule has 0 heterocycles. The zero-order valence-corrected chi connectivity index (χ0v) is 20.0. The molecule has 0 aromatic heterocycles. The third-order valence-electron chi connectivity index (χ3n) is 5.40. The van der Waals surface area contributed by atoms with Crippen molar-refractivity contribution in [3.8, 4) is 24.8 Å². The molecule has 1 aliphatic carbocycles. The van der Waals surface area contributed by atoms with Gasteiger partial charge in [0.25, 0.3) is 5.91 Å². The van der Waals surface area contributed by atoms with Crippen LogP contribution in [0.2, 0.25) is 0 Å². The summed E-state index contributed by atoms with van der Waals surface area (Å²) >= 11 is 0. The maximum atomic E-state index is 13.4. The Bertz CT molecular complexity index is 947. The Kier molecular flexibility index (Phi) is 9.53. The van der Waals surface area contributed by atoms with E-state index in [0.29, 0.717) is 11.1 Å². The summed E-state index contributed by atoms with van der Waals surface area (Å²) in [6, 6.07) is 6.23. The van der Waals surface area contributed by atoms with Crippen LogP contribution >= 0.6 is 0 Å². The van der Waals surface area contributed by atoms with Gasteiger partial charge in [0.05, 0.1) is 6.61 Å². The number of benzene rings is 1. The van der Waals surface area contributed by atoms with Crippen molar-refractivity contribution in [1.82, 2.24) is 15.5 Å². The fraction of sp³-hybridized carbons (Fsp3) is 0.500. The molecule has 8 nitrogen and oxygen atoms in total. The highest BCUT2D eigenvalue weighted by Crippen LogP contribution is 2.24. The Labute approximate surface area is 201 Å². The molecule has 2 atom stereocenters. The number of rotatable bonds is 7. The van der Waals surface area contributed by atoms with Crippen LogP contribution in [-0.4, -0.2) is 52.2 Å². The minimum Gasteiger partial charge on any atom is -0.444 e. The van der Waals surface area contributed by atoms with Crippen molar-refractivity contribution in [3.63, 3.8) is 0 Å². The number of ether oxygens (including phenoxy) is 1. The van der Waals surface area contributed by atoms with Crippen molar-refractivity contribution in [2.24, 2.45) is 0 Å². The molecular weight excluding hydrogens is 434 g/mol. The summed E-state index contributed by atoms with van der Waals surface area (Å²) in [5, 5.41) is 15.1. The Balaban J connectivity index is 2.33. The van der Waals surface area contributed by atoms with Gasteiger partial charge in [0, 0.05) is 17.6 Å². The van der Waals surface area contributed by atoms with Gasteiger partial charge in [-0.25, -0.2) is 4.79 Å². The fourth-order valence-corrected chi connectivity index (χ4v) is 3.77. The lowest BCUT2D eigenvalue weighted by molar-refractivity contribution is -0.139. The average Bonchev–Trinajstić information content (AvgIpc) is 2.80. The SMILES string of the molecule is C#Cc1ccc(C(C(=O)NC2CCCCC2)N(C#C)C(=O)C(CO)NC(=O)OC(C)(C)C)cc1. The van der Waals surface area contributed by atoms with Gasteiger partial charge >= 0.3 is 6.09 Å². The number of alkyl carbamates (subject to hydrolysis) is 1. The van der Waals surface area contributed by atoms with E-state index in [9.17, 15) is 19.5 Å². The number of terminal acetylenes is 2. The number of aliphatic hydroxyl groups is 1. The molecule has 2 rings (SSSR count). The normalized spacial score (nSPS) is 15.7. The Morgan fingerprint density at radius 1 is 1.15 bits per heavy atom. The summed E-state index contributed by atoms with van der Waals surface area (Å²) in [6.07, 6.45) is 15.1. The molecule has 0 saturated heterocycles. The van der Waals surface area contributed by atoms with Crippen LogP contribution in [0.15, 0.2) is 24.3 Å². The lowest BCUT2D eigenvalue weighted by Gasteiger charge is -2.31. The zero-order chi connectivity index (χ0) is 25.3. The summed E-state index contributed by atoms with van der Waals surface area (Å²) in [4.78, 5) is 39.7. The predicted molar refractivity (Wildman–Crippen MR) is 128 cm³/mol. The largest absolute Gasteiger partial charge is 0.444 e. The lowest BCUT2D eigenvalue weighted by Crippen LogP contribution is -2.53. The lowest BCUT2D eigenvalue weighted by atomic mass is 9.94. The number of aliphatic hydroxyl groups excluding tert-OH is 1. The van der Waals surface area contributed by atoms with E-state index in [1.165, 1.54) is 0 Å². The van der Waals surface area contributed by atoms with Gasteiger partial charge in [-0.1, -0.05) is 43.7 Å². The molecule has 2 unspecified atom stereocenters. The van der Waals surface area contributed by atoms with Crippen LogP contribution < -0.4 is 10.6 Å². The predicted octanol–water partition coefficient (Wildman–Crippen LogP) is 2.46. The second kappa shape index (κ2) is 12.1. The van der Waals surface area contributed by atoms with Crippen molar-refractivity contribution in [2.75, 3.05) is 6.61 Å². The molecule has 1 aromatic carbocycles. The third kappa shape index (κ3) is 7.54. The van der Waals surface area contributed by atoms with Crippen molar-refractivity contribution in [3.05, 3.63) is 35.4 Å². The summed E-state index contributed by atoms with van der Waals surface area (Å²) < 4.78 is 5.17. The molecule has 3 N–H and O–H groups in total. The first-order valence-corrected chi connectivity index (χ1v) is 11.4. The number of nitrogens with zero attached hydrogens (tertiary/aromatic N) is 1. The van der Waals surface area contributed by atoms with Gasteiger partial charge < -0.3 is 20.5 Å². The number of carbonyl (C=O) groups is 3. The molecule has 1 saturated carbocycles. The van der Waals surface area contributed by atoms with Crippen molar-refractivity contribution in [2.45, 2.75) is 76.6 Å². The fourth-order valence-electron chi connectivity index (χ4n) is 3.77. The van der Waals surface area contributed by atoms with Crippen molar-refractivity contribution in [1.29, 1.82) is 0 Å². The van der Waals surface area contributed by atoms with Gasteiger partial charge in [-0.3, -0.25) is 14.5 Å². The minimum absolute atomic E-state index is 0.0167. The van der Waals surface area contributed by atoms with E-state index in [1.807, 2.05) is 0 Å². The molecule has 3 amide bonds. The molecule has 182 valence electrons.